The van der Waals surface area contributed by atoms with Crippen LogP contribution in [0.3, 0.4) is 0 Å². The summed E-state index contributed by atoms with van der Waals surface area (Å²) < 4.78 is 3.85. The molecule has 0 saturated heterocycles. The fourth-order valence-electron chi connectivity index (χ4n) is 1.23. The quantitative estimate of drug-likeness (QED) is 0.763. The number of aryl methyl sites for hydroxylation is 1. The molecule has 3 nitrogen and oxygen atoms in total. The summed E-state index contributed by atoms with van der Waals surface area (Å²) in [7, 11) is 0. The SMILES string of the molecule is C=C(C)CCC(O)c1snnc1CC. The molecule has 0 aliphatic rings. The van der Waals surface area contributed by atoms with Crippen molar-refractivity contribution in [3.05, 3.63) is 22.7 Å². The molecule has 0 aliphatic heterocycles. The van der Waals surface area contributed by atoms with Crippen LogP contribution in [0.2, 0.25) is 0 Å². The van der Waals surface area contributed by atoms with E-state index in [-0.39, 0.29) is 0 Å². The van der Waals surface area contributed by atoms with Crippen molar-refractivity contribution < 1.29 is 5.11 Å². The van der Waals surface area contributed by atoms with Crippen LogP contribution in [0.1, 0.15) is 43.4 Å². The Morgan fingerprint density at radius 2 is 2.36 bits per heavy atom. The van der Waals surface area contributed by atoms with Crippen LogP contribution in [0.25, 0.3) is 0 Å². The van der Waals surface area contributed by atoms with Crippen molar-refractivity contribution >= 4 is 11.5 Å². The van der Waals surface area contributed by atoms with Gasteiger partial charge in [-0.15, -0.1) is 11.7 Å². The van der Waals surface area contributed by atoms with Gasteiger partial charge in [-0.25, -0.2) is 0 Å². The molecular weight excluding hydrogens is 196 g/mol. The van der Waals surface area contributed by atoms with Gasteiger partial charge in [0.1, 0.15) is 0 Å². The number of aromatic nitrogens is 2. The highest BCUT2D eigenvalue weighted by molar-refractivity contribution is 7.05. The van der Waals surface area contributed by atoms with Crippen molar-refractivity contribution in [1.29, 1.82) is 0 Å². The lowest BCUT2D eigenvalue weighted by atomic mass is 10.1. The lowest BCUT2D eigenvalue weighted by Crippen LogP contribution is -1.99. The van der Waals surface area contributed by atoms with Crippen molar-refractivity contribution in [3.63, 3.8) is 0 Å². The normalized spacial score (nSPS) is 12.8. The number of nitrogens with zero attached hydrogens (tertiary/aromatic N) is 2. The summed E-state index contributed by atoms with van der Waals surface area (Å²) >= 11 is 1.29. The molecule has 1 N–H and O–H groups in total. The van der Waals surface area contributed by atoms with Gasteiger partial charge < -0.3 is 5.11 Å². The number of rotatable bonds is 5. The molecule has 1 rings (SSSR count). The van der Waals surface area contributed by atoms with E-state index in [1.54, 1.807) is 0 Å². The molecule has 1 atom stereocenters. The van der Waals surface area contributed by atoms with Gasteiger partial charge in [0.2, 0.25) is 0 Å². The fourth-order valence-corrected chi connectivity index (χ4v) is 1.99. The monoisotopic (exact) mass is 212 g/mol. The first-order valence-corrected chi connectivity index (χ1v) is 5.56. The third-order valence-electron chi connectivity index (χ3n) is 2.07. The highest BCUT2D eigenvalue weighted by Crippen LogP contribution is 2.25. The summed E-state index contributed by atoms with van der Waals surface area (Å²) in [5.41, 5.74) is 2.02. The minimum Gasteiger partial charge on any atom is -0.387 e. The Kier molecular flexibility index (Phi) is 4.22. The van der Waals surface area contributed by atoms with Crippen molar-refractivity contribution in [3.8, 4) is 0 Å². The summed E-state index contributed by atoms with van der Waals surface area (Å²) in [6, 6.07) is 0. The van der Waals surface area contributed by atoms with E-state index >= 15 is 0 Å². The third kappa shape index (κ3) is 2.89. The second-order valence-corrected chi connectivity index (χ2v) is 4.23. The maximum atomic E-state index is 9.86. The zero-order valence-electron chi connectivity index (χ0n) is 8.66. The van der Waals surface area contributed by atoms with Gasteiger partial charge in [0.25, 0.3) is 0 Å². The maximum absolute atomic E-state index is 9.86. The van der Waals surface area contributed by atoms with Gasteiger partial charge in [-0.05, 0) is 37.7 Å². The molecule has 1 unspecified atom stereocenters. The zero-order valence-corrected chi connectivity index (χ0v) is 9.47. The summed E-state index contributed by atoms with van der Waals surface area (Å²) in [4.78, 5) is 0.911. The average Bonchev–Trinajstić information content (AvgIpc) is 2.61. The molecule has 0 fully saturated rings. The largest absolute Gasteiger partial charge is 0.387 e. The summed E-state index contributed by atoms with van der Waals surface area (Å²) in [6.07, 6.45) is 1.96. The Labute approximate surface area is 88.6 Å². The van der Waals surface area contributed by atoms with Crippen LogP contribution in [-0.4, -0.2) is 14.7 Å². The fraction of sp³-hybridized carbons (Fsp3) is 0.600. The van der Waals surface area contributed by atoms with Gasteiger partial charge in [0.05, 0.1) is 16.7 Å². The first kappa shape index (κ1) is 11.3. The zero-order chi connectivity index (χ0) is 10.6. The minimum atomic E-state index is -0.429. The number of aliphatic hydroxyl groups is 1. The summed E-state index contributed by atoms with van der Waals surface area (Å²) in [6.45, 7) is 7.80. The Balaban J connectivity index is 2.59. The Morgan fingerprint density at radius 1 is 1.64 bits per heavy atom. The molecule has 0 radical (unpaired) electrons. The Morgan fingerprint density at radius 3 is 2.93 bits per heavy atom. The molecule has 4 heteroatoms. The molecule has 14 heavy (non-hydrogen) atoms. The van der Waals surface area contributed by atoms with Crippen LogP contribution in [0.15, 0.2) is 12.2 Å². The molecule has 0 spiro atoms. The maximum Gasteiger partial charge on any atom is 0.0920 e. The predicted molar refractivity (Wildman–Crippen MR) is 58.3 cm³/mol. The molecule has 1 heterocycles. The van der Waals surface area contributed by atoms with Crippen molar-refractivity contribution in [2.75, 3.05) is 0 Å². The van der Waals surface area contributed by atoms with Crippen LogP contribution in [0, 0.1) is 0 Å². The second kappa shape index (κ2) is 5.22. The van der Waals surface area contributed by atoms with Crippen LogP contribution >= 0.6 is 11.5 Å². The molecule has 0 bridgehead atoms. The van der Waals surface area contributed by atoms with Gasteiger partial charge in [-0.2, -0.15) is 0 Å². The van der Waals surface area contributed by atoms with Gasteiger partial charge >= 0.3 is 0 Å². The van der Waals surface area contributed by atoms with Gasteiger partial charge in [0, 0.05) is 0 Å². The predicted octanol–water partition coefficient (Wildman–Crippen LogP) is 2.49. The Bertz CT molecular complexity index is 309. The Hall–Kier alpha value is -0.740. The standard InChI is InChI=1S/C10H16N2OS/c1-4-8-10(14-12-11-8)9(13)6-5-7(2)3/h9,13H,2,4-6H2,1,3H3. The number of hydrogen-bond acceptors (Lipinski definition) is 4. The molecular formula is C10H16N2OS. The number of allylic oxidation sites excluding steroid dienone is 1. The molecule has 1 aromatic rings. The third-order valence-corrected chi connectivity index (χ3v) is 2.93. The van der Waals surface area contributed by atoms with Gasteiger partial charge in [-0.1, -0.05) is 17.0 Å². The lowest BCUT2D eigenvalue weighted by molar-refractivity contribution is 0.170. The van der Waals surface area contributed by atoms with E-state index in [9.17, 15) is 5.11 Å². The minimum absolute atomic E-state index is 0.429. The van der Waals surface area contributed by atoms with E-state index in [1.807, 2.05) is 13.8 Å². The molecule has 0 saturated carbocycles. The van der Waals surface area contributed by atoms with Gasteiger partial charge in [-0.3, -0.25) is 0 Å². The molecule has 78 valence electrons. The van der Waals surface area contributed by atoms with E-state index in [4.69, 9.17) is 0 Å². The van der Waals surface area contributed by atoms with Crippen molar-refractivity contribution in [1.82, 2.24) is 9.59 Å². The van der Waals surface area contributed by atoms with E-state index < -0.39 is 6.10 Å². The highest BCUT2D eigenvalue weighted by Gasteiger charge is 2.15. The van der Waals surface area contributed by atoms with Crippen molar-refractivity contribution in [2.24, 2.45) is 0 Å². The second-order valence-electron chi connectivity index (χ2n) is 3.45. The molecule has 0 aliphatic carbocycles. The average molecular weight is 212 g/mol. The van der Waals surface area contributed by atoms with Crippen LogP contribution in [0.5, 0.6) is 0 Å². The first-order valence-electron chi connectivity index (χ1n) is 4.78. The summed E-state index contributed by atoms with van der Waals surface area (Å²) in [5.74, 6) is 0. The van der Waals surface area contributed by atoms with Crippen LogP contribution in [-0.2, 0) is 6.42 Å². The summed E-state index contributed by atoms with van der Waals surface area (Å²) in [5, 5.41) is 13.8. The molecule has 0 amide bonds. The van der Waals surface area contributed by atoms with E-state index in [0.29, 0.717) is 6.42 Å². The van der Waals surface area contributed by atoms with Gasteiger partial charge in [0.15, 0.2) is 0 Å². The lowest BCUT2D eigenvalue weighted by Gasteiger charge is -2.08. The highest BCUT2D eigenvalue weighted by atomic mass is 32.1. The van der Waals surface area contributed by atoms with Crippen LogP contribution < -0.4 is 0 Å². The number of aliphatic hydroxyl groups excluding tert-OH is 1. The van der Waals surface area contributed by atoms with Crippen molar-refractivity contribution in [2.45, 2.75) is 39.2 Å². The van der Waals surface area contributed by atoms with E-state index in [0.717, 1.165) is 29.0 Å². The number of hydrogen-bond donors (Lipinski definition) is 1. The van der Waals surface area contributed by atoms with E-state index in [1.165, 1.54) is 11.5 Å². The smallest absolute Gasteiger partial charge is 0.0920 e. The van der Waals surface area contributed by atoms with E-state index in [2.05, 4.69) is 16.2 Å². The van der Waals surface area contributed by atoms with Crippen LogP contribution in [0.4, 0.5) is 0 Å². The first-order chi connectivity index (χ1) is 6.65. The molecule has 1 aromatic heterocycles. The topological polar surface area (TPSA) is 46.0 Å². The molecule has 0 aromatic carbocycles.